The van der Waals surface area contributed by atoms with Gasteiger partial charge in [-0.3, -0.25) is 0 Å². The molecular weight excluding hydrogens is 426 g/mol. The van der Waals surface area contributed by atoms with Gasteiger partial charge in [-0.15, -0.1) is 11.3 Å². The van der Waals surface area contributed by atoms with Crippen molar-refractivity contribution < 1.29 is 14.4 Å². The summed E-state index contributed by atoms with van der Waals surface area (Å²) in [7, 11) is 0. The first-order chi connectivity index (χ1) is 15.5. The van der Waals surface area contributed by atoms with Crippen LogP contribution in [0.25, 0.3) is 21.3 Å². The van der Waals surface area contributed by atoms with Crippen LogP contribution in [-0.2, 0) is 0 Å². The van der Waals surface area contributed by atoms with Crippen LogP contribution < -0.4 is 4.90 Å². The SMILES string of the molecule is CC(C)c1noc(C2CCN(c3ncnc4c(-c5ccc(C(=O)O)cc5)csc34)CC2)n1. The lowest BCUT2D eigenvalue weighted by Gasteiger charge is -2.31. The summed E-state index contributed by atoms with van der Waals surface area (Å²) >= 11 is 1.62. The fraction of sp³-hybridized carbons (Fsp3) is 0.348. The molecule has 4 aromatic rings. The first-order valence-electron chi connectivity index (χ1n) is 10.7. The topological polar surface area (TPSA) is 105 Å². The highest BCUT2D eigenvalue weighted by atomic mass is 32.1. The summed E-state index contributed by atoms with van der Waals surface area (Å²) in [6.07, 6.45) is 3.47. The molecule has 3 aromatic heterocycles. The van der Waals surface area contributed by atoms with Crippen molar-refractivity contribution in [3.63, 3.8) is 0 Å². The average molecular weight is 450 g/mol. The highest BCUT2D eigenvalue weighted by Crippen LogP contribution is 2.38. The highest BCUT2D eigenvalue weighted by Gasteiger charge is 2.27. The number of anilines is 1. The van der Waals surface area contributed by atoms with Crippen LogP contribution in [0.2, 0.25) is 0 Å². The highest BCUT2D eigenvalue weighted by molar-refractivity contribution is 7.18. The van der Waals surface area contributed by atoms with Crippen molar-refractivity contribution in [1.82, 2.24) is 20.1 Å². The van der Waals surface area contributed by atoms with Gasteiger partial charge >= 0.3 is 5.97 Å². The number of benzene rings is 1. The summed E-state index contributed by atoms with van der Waals surface area (Å²) in [4.78, 5) is 27.1. The van der Waals surface area contributed by atoms with E-state index in [2.05, 4.69) is 44.2 Å². The van der Waals surface area contributed by atoms with Crippen molar-refractivity contribution in [2.75, 3.05) is 18.0 Å². The molecule has 1 fully saturated rings. The van der Waals surface area contributed by atoms with Gasteiger partial charge in [-0.1, -0.05) is 31.1 Å². The van der Waals surface area contributed by atoms with Crippen LogP contribution in [0.4, 0.5) is 5.82 Å². The zero-order valence-electron chi connectivity index (χ0n) is 17.9. The second-order valence-corrected chi connectivity index (χ2v) is 9.19. The molecule has 5 rings (SSSR count). The maximum absolute atomic E-state index is 11.1. The lowest BCUT2D eigenvalue weighted by molar-refractivity contribution is 0.0697. The van der Waals surface area contributed by atoms with E-state index in [0.717, 1.165) is 64.8 Å². The van der Waals surface area contributed by atoms with Gasteiger partial charge in [0.2, 0.25) is 5.89 Å². The monoisotopic (exact) mass is 449 g/mol. The maximum Gasteiger partial charge on any atom is 0.335 e. The number of aromatic nitrogens is 4. The van der Waals surface area contributed by atoms with Crippen LogP contribution in [0.3, 0.4) is 0 Å². The molecule has 0 unspecified atom stereocenters. The molecule has 0 atom stereocenters. The number of nitrogens with zero attached hydrogens (tertiary/aromatic N) is 5. The Kier molecular flexibility index (Phi) is 5.34. The molecule has 1 aliphatic rings. The first-order valence-corrected chi connectivity index (χ1v) is 11.5. The number of carboxylic acids is 1. The smallest absolute Gasteiger partial charge is 0.335 e. The number of hydrogen-bond acceptors (Lipinski definition) is 8. The molecule has 0 saturated carbocycles. The summed E-state index contributed by atoms with van der Waals surface area (Å²) in [6, 6.07) is 6.90. The average Bonchev–Trinajstić information content (AvgIpc) is 3.47. The fourth-order valence-electron chi connectivity index (χ4n) is 4.05. The summed E-state index contributed by atoms with van der Waals surface area (Å²) in [5, 5.41) is 15.3. The molecule has 4 heterocycles. The van der Waals surface area contributed by atoms with Gasteiger partial charge in [-0.05, 0) is 30.5 Å². The molecule has 32 heavy (non-hydrogen) atoms. The van der Waals surface area contributed by atoms with E-state index < -0.39 is 5.97 Å². The van der Waals surface area contributed by atoms with E-state index in [4.69, 9.17) is 9.63 Å². The van der Waals surface area contributed by atoms with Crippen LogP contribution >= 0.6 is 11.3 Å². The van der Waals surface area contributed by atoms with Gasteiger partial charge in [0.15, 0.2) is 5.82 Å². The molecule has 1 aromatic carbocycles. The number of rotatable bonds is 5. The minimum Gasteiger partial charge on any atom is -0.478 e. The number of piperidine rings is 1. The van der Waals surface area contributed by atoms with Crippen molar-refractivity contribution in [3.05, 3.63) is 53.3 Å². The minimum atomic E-state index is -0.930. The molecular formula is C23H23N5O3S. The Labute approximate surface area is 188 Å². The third kappa shape index (κ3) is 3.73. The van der Waals surface area contributed by atoms with Crippen LogP contribution in [-0.4, -0.2) is 44.3 Å². The molecule has 9 heteroatoms. The van der Waals surface area contributed by atoms with E-state index in [1.807, 2.05) is 12.1 Å². The molecule has 8 nitrogen and oxygen atoms in total. The Bertz CT molecular complexity index is 1260. The van der Waals surface area contributed by atoms with Crippen molar-refractivity contribution in [2.24, 2.45) is 0 Å². The van der Waals surface area contributed by atoms with Crippen LogP contribution in [0.1, 0.15) is 60.6 Å². The Morgan fingerprint density at radius 2 is 1.94 bits per heavy atom. The number of carbonyl (C=O) groups is 1. The number of thiophene rings is 1. The fourth-order valence-corrected chi connectivity index (χ4v) is 5.09. The van der Waals surface area contributed by atoms with Crippen LogP contribution in [0.5, 0.6) is 0 Å². The van der Waals surface area contributed by atoms with Crippen LogP contribution in [0.15, 0.2) is 40.5 Å². The molecule has 0 bridgehead atoms. The molecule has 1 N–H and O–H groups in total. The Balaban J connectivity index is 1.37. The summed E-state index contributed by atoms with van der Waals surface area (Å²) in [5.41, 5.74) is 3.10. The third-order valence-corrected chi connectivity index (χ3v) is 6.86. The normalized spacial score (nSPS) is 15.0. The Morgan fingerprint density at radius 3 is 2.59 bits per heavy atom. The third-order valence-electron chi connectivity index (χ3n) is 5.90. The zero-order valence-corrected chi connectivity index (χ0v) is 18.7. The number of hydrogen-bond donors (Lipinski definition) is 1. The Hall–Kier alpha value is -3.33. The van der Waals surface area contributed by atoms with Crippen molar-refractivity contribution in [2.45, 2.75) is 38.5 Å². The van der Waals surface area contributed by atoms with Gasteiger partial charge < -0.3 is 14.5 Å². The molecule has 1 aliphatic heterocycles. The van der Waals surface area contributed by atoms with E-state index in [9.17, 15) is 4.79 Å². The van der Waals surface area contributed by atoms with E-state index in [1.165, 1.54) is 0 Å². The quantitative estimate of drug-likeness (QED) is 0.456. The van der Waals surface area contributed by atoms with E-state index >= 15 is 0 Å². The molecule has 0 amide bonds. The molecule has 0 radical (unpaired) electrons. The molecule has 164 valence electrons. The maximum atomic E-state index is 11.1. The molecule has 0 aliphatic carbocycles. The van der Waals surface area contributed by atoms with Gasteiger partial charge in [0.1, 0.15) is 12.1 Å². The number of aromatic carboxylic acids is 1. The minimum absolute atomic E-state index is 0.259. The number of carboxylic acid groups (broad SMARTS) is 1. The lowest BCUT2D eigenvalue weighted by Crippen LogP contribution is -2.33. The Morgan fingerprint density at radius 1 is 1.19 bits per heavy atom. The summed E-state index contributed by atoms with van der Waals surface area (Å²) in [5.74, 6) is 2.05. The van der Waals surface area contributed by atoms with E-state index in [1.54, 1.807) is 29.8 Å². The van der Waals surface area contributed by atoms with Gasteiger partial charge in [-0.2, -0.15) is 4.98 Å². The van der Waals surface area contributed by atoms with Crippen LogP contribution in [0, 0.1) is 0 Å². The first kappa shape index (κ1) is 20.6. The zero-order chi connectivity index (χ0) is 22.2. The standard InChI is InChI=1S/C23H23N5O3S/c1-13(2)20-26-22(31-27-20)15-7-9-28(10-8-15)21-19-18(24-12-25-21)17(11-32-19)14-3-5-16(6-4-14)23(29)30/h3-6,11-13,15H,7-10H2,1-2H3,(H,29,30). The van der Waals surface area contributed by atoms with Crippen molar-refractivity contribution in [3.8, 4) is 11.1 Å². The number of fused-ring (bicyclic) bond motifs is 1. The van der Waals surface area contributed by atoms with Gasteiger partial charge in [-0.25, -0.2) is 14.8 Å². The predicted molar refractivity (Wildman–Crippen MR) is 122 cm³/mol. The summed E-state index contributed by atoms with van der Waals surface area (Å²) < 4.78 is 6.56. The molecule has 0 spiro atoms. The van der Waals surface area contributed by atoms with Gasteiger partial charge in [0.25, 0.3) is 0 Å². The lowest BCUT2D eigenvalue weighted by atomic mass is 9.96. The van der Waals surface area contributed by atoms with Crippen molar-refractivity contribution in [1.29, 1.82) is 0 Å². The summed E-state index contributed by atoms with van der Waals surface area (Å²) in [6.45, 7) is 5.84. The predicted octanol–water partition coefficient (Wildman–Crippen LogP) is 4.95. The second-order valence-electron chi connectivity index (χ2n) is 8.31. The van der Waals surface area contributed by atoms with Gasteiger partial charge in [0.05, 0.1) is 15.8 Å². The van der Waals surface area contributed by atoms with E-state index in [-0.39, 0.29) is 17.4 Å². The molecule has 1 saturated heterocycles. The second kappa shape index (κ2) is 8.31. The van der Waals surface area contributed by atoms with E-state index in [0.29, 0.717) is 0 Å². The largest absolute Gasteiger partial charge is 0.478 e. The van der Waals surface area contributed by atoms with Gasteiger partial charge in [0, 0.05) is 35.9 Å². The van der Waals surface area contributed by atoms with Crippen molar-refractivity contribution >= 4 is 33.3 Å².